The van der Waals surface area contributed by atoms with E-state index in [-0.39, 0.29) is 0 Å². The summed E-state index contributed by atoms with van der Waals surface area (Å²) in [6.45, 7) is 0. The molecule has 0 atom stereocenters. The van der Waals surface area contributed by atoms with Crippen molar-refractivity contribution in [3.8, 4) is 45.3 Å². The third-order valence-corrected chi connectivity index (χ3v) is 11.6. The second-order valence-corrected chi connectivity index (χ2v) is 14.9. The molecule has 4 heteroatoms. The Kier molecular flexibility index (Phi) is 7.20. The van der Waals surface area contributed by atoms with E-state index in [1.165, 1.54) is 49.0 Å². The first-order valence-electron chi connectivity index (χ1n) is 19.7. The summed E-state index contributed by atoms with van der Waals surface area (Å²) in [6, 6.07) is 73.5. The molecule has 2 aliphatic rings. The Labute approximate surface area is 336 Å². The van der Waals surface area contributed by atoms with Gasteiger partial charge in [0.05, 0.1) is 22.7 Å². The first kappa shape index (κ1) is 32.4. The molecule has 0 unspecified atom stereocenters. The molecule has 0 saturated carbocycles. The second-order valence-electron chi connectivity index (χ2n) is 14.9. The normalized spacial score (nSPS) is 12.7. The molecular formula is C54H34N2O2. The Bertz CT molecular complexity index is 3020. The molecule has 0 bridgehead atoms. The summed E-state index contributed by atoms with van der Waals surface area (Å²) in [5.41, 5.74) is 10.9. The zero-order valence-electron chi connectivity index (χ0n) is 31.3. The monoisotopic (exact) mass is 742 g/mol. The average Bonchev–Trinajstić information content (AvgIpc) is 3.29. The van der Waals surface area contributed by atoms with E-state index in [1.54, 1.807) is 0 Å². The van der Waals surface area contributed by atoms with Crippen LogP contribution in [0.25, 0.3) is 54.6 Å². The van der Waals surface area contributed by atoms with E-state index in [1.807, 2.05) is 48.5 Å². The molecule has 12 rings (SSSR count). The highest BCUT2D eigenvalue weighted by atomic mass is 16.5. The number of benzene rings is 10. The highest BCUT2D eigenvalue weighted by molar-refractivity contribution is 6.23. The van der Waals surface area contributed by atoms with E-state index in [0.29, 0.717) is 0 Å². The fourth-order valence-electron chi connectivity index (χ4n) is 9.02. The Morgan fingerprint density at radius 2 is 0.690 bits per heavy atom. The van der Waals surface area contributed by atoms with Crippen molar-refractivity contribution >= 4 is 66.4 Å². The van der Waals surface area contributed by atoms with Gasteiger partial charge in [0.15, 0.2) is 23.0 Å². The van der Waals surface area contributed by atoms with E-state index in [4.69, 9.17) is 9.47 Å². The van der Waals surface area contributed by atoms with Crippen LogP contribution in [-0.2, 0) is 0 Å². The Morgan fingerprint density at radius 1 is 0.276 bits per heavy atom. The summed E-state index contributed by atoms with van der Waals surface area (Å²) in [5.74, 6) is 3.32. The predicted octanol–water partition coefficient (Wildman–Crippen LogP) is 15.6. The van der Waals surface area contributed by atoms with Crippen LogP contribution in [0, 0.1) is 0 Å². The topological polar surface area (TPSA) is 24.9 Å². The molecule has 2 heterocycles. The molecule has 0 aliphatic carbocycles. The third-order valence-electron chi connectivity index (χ3n) is 11.6. The first-order chi connectivity index (χ1) is 28.8. The van der Waals surface area contributed by atoms with E-state index < -0.39 is 0 Å². The van der Waals surface area contributed by atoms with Crippen molar-refractivity contribution < 1.29 is 9.47 Å². The van der Waals surface area contributed by atoms with E-state index in [0.717, 1.165) is 62.7 Å². The first-order valence-corrected chi connectivity index (χ1v) is 19.7. The van der Waals surface area contributed by atoms with Gasteiger partial charge in [-0.3, -0.25) is 0 Å². The van der Waals surface area contributed by atoms with Gasteiger partial charge in [-0.05, 0) is 133 Å². The standard InChI is InChI=1S/C54H34N2O2/c1-2-15-36(16-3-1)53-43-33-39(55-45-18-6-10-22-49(45)57-50-23-11-7-19-46(50)55)28-30-41(43)54(38-27-26-35-14-4-5-17-37(35)32-38)42-31-29-40(34-44(42)53)56-47-20-8-12-24-51(47)58-52-25-13-9-21-48(52)56/h1-34H. The van der Waals surface area contributed by atoms with Gasteiger partial charge in [-0.25, -0.2) is 0 Å². The zero-order valence-corrected chi connectivity index (χ0v) is 31.3. The van der Waals surface area contributed by atoms with E-state index in [2.05, 4.69) is 168 Å². The molecule has 0 N–H and O–H groups in total. The Morgan fingerprint density at radius 3 is 1.19 bits per heavy atom. The Hall–Kier alpha value is -7.82. The molecule has 0 saturated heterocycles. The second kappa shape index (κ2) is 12.9. The minimum atomic E-state index is 0.829. The van der Waals surface area contributed by atoms with Gasteiger partial charge < -0.3 is 19.3 Å². The SMILES string of the molecule is c1ccc(-c2c3cc(N4c5ccccc5Oc5ccccc54)ccc3c(-c3ccc4ccccc4c3)c3ccc(N4c5ccccc5Oc5ccccc54)cc23)cc1. The number of nitrogens with zero attached hydrogens (tertiary/aromatic N) is 2. The fourth-order valence-corrected chi connectivity index (χ4v) is 9.02. The zero-order chi connectivity index (χ0) is 38.2. The van der Waals surface area contributed by atoms with Crippen LogP contribution < -0.4 is 19.3 Å². The van der Waals surface area contributed by atoms with Crippen molar-refractivity contribution in [2.45, 2.75) is 0 Å². The van der Waals surface area contributed by atoms with Crippen molar-refractivity contribution in [1.29, 1.82) is 0 Å². The molecule has 10 aromatic rings. The van der Waals surface area contributed by atoms with Crippen LogP contribution in [0.5, 0.6) is 23.0 Å². The van der Waals surface area contributed by atoms with Gasteiger partial charge in [-0.1, -0.05) is 127 Å². The largest absolute Gasteiger partial charge is 0.453 e. The van der Waals surface area contributed by atoms with Crippen molar-refractivity contribution in [2.75, 3.05) is 9.80 Å². The molecule has 0 aromatic heterocycles. The van der Waals surface area contributed by atoms with Crippen molar-refractivity contribution in [3.63, 3.8) is 0 Å². The molecule has 4 nitrogen and oxygen atoms in total. The van der Waals surface area contributed by atoms with Gasteiger partial charge >= 0.3 is 0 Å². The molecule has 0 fully saturated rings. The van der Waals surface area contributed by atoms with Gasteiger partial charge in [0.25, 0.3) is 0 Å². The van der Waals surface area contributed by atoms with Crippen LogP contribution in [0.1, 0.15) is 0 Å². The van der Waals surface area contributed by atoms with E-state index in [9.17, 15) is 0 Å². The summed E-state index contributed by atoms with van der Waals surface area (Å²) in [7, 11) is 0. The molecule has 2 aliphatic heterocycles. The predicted molar refractivity (Wildman–Crippen MR) is 239 cm³/mol. The molecule has 0 spiro atoms. The van der Waals surface area contributed by atoms with E-state index >= 15 is 0 Å². The molecule has 272 valence electrons. The van der Waals surface area contributed by atoms with Crippen molar-refractivity contribution in [2.24, 2.45) is 0 Å². The maximum Gasteiger partial charge on any atom is 0.151 e. The minimum absolute atomic E-state index is 0.829. The molecular weight excluding hydrogens is 709 g/mol. The fraction of sp³-hybridized carbons (Fsp3) is 0. The number of para-hydroxylation sites is 8. The number of hydrogen-bond acceptors (Lipinski definition) is 4. The van der Waals surface area contributed by atoms with Crippen LogP contribution in [0.4, 0.5) is 34.1 Å². The number of anilines is 6. The van der Waals surface area contributed by atoms with Crippen LogP contribution >= 0.6 is 0 Å². The maximum atomic E-state index is 6.45. The maximum absolute atomic E-state index is 6.45. The third kappa shape index (κ3) is 5.02. The summed E-state index contributed by atoms with van der Waals surface area (Å²) in [4.78, 5) is 4.67. The van der Waals surface area contributed by atoms with Crippen molar-refractivity contribution in [3.05, 3.63) is 206 Å². The lowest BCUT2D eigenvalue weighted by atomic mass is 9.85. The Balaban J connectivity index is 1.19. The lowest BCUT2D eigenvalue weighted by Gasteiger charge is -2.33. The summed E-state index contributed by atoms with van der Waals surface area (Å²) < 4.78 is 12.9. The van der Waals surface area contributed by atoms with Crippen LogP contribution in [0.15, 0.2) is 206 Å². The number of rotatable bonds is 4. The highest BCUT2D eigenvalue weighted by Crippen LogP contribution is 2.54. The minimum Gasteiger partial charge on any atom is -0.453 e. The van der Waals surface area contributed by atoms with Gasteiger partial charge in [0.1, 0.15) is 0 Å². The molecule has 58 heavy (non-hydrogen) atoms. The number of fused-ring (bicyclic) bond motifs is 7. The summed E-state index contributed by atoms with van der Waals surface area (Å²) in [5, 5.41) is 7.15. The van der Waals surface area contributed by atoms with Gasteiger partial charge in [0.2, 0.25) is 0 Å². The average molecular weight is 743 g/mol. The smallest absolute Gasteiger partial charge is 0.151 e. The summed E-state index contributed by atoms with van der Waals surface area (Å²) >= 11 is 0. The number of ether oxygens (including phenoxy) is 2. The molecule has 10 aromatic carbocycles. The van der Waals surface area contributed by atoms with Crippen LogP contribution in [-0.4, -0.2) is 0 Å². The quantitative estimate of drug-likeness (QED) is 0.168. The lowest BCUT2D eigenvalue weighted by Crippen LogP contribution is -2.16. The highest BCUT2D eigenvalue weighted by Gasteiger charge is 2.29. The van der Waals surface area contributed by atoms with Crippen molar-refractivity contribution in [1.82, 2.24) is 0 Å². The van der Waals surface area contributed by atoms with Crippen LogP contribution in [0.3, 0.4) is 0 Å². The summed E-state index contributed by atoms with van der Waals surface area (Å²) in [6.07, 6.45) is 0. The molecule has 0 radical (unpaired) electrons. The molecule has 0 amide bonds. The lowest BCUT2D eigenvalue weighted by molar-refractivity contribution is 0.477. The van der Waals surface area contributed by atoms with Gasteiger partial charge in [-0.15, -0.1) is 0 Å². The number of hydrogen-bond donors (Lipinski definition) is 0. The van der Waals surface area contributed by atoms with Gasteiger partial charge in [-0.2, -0.15) is 0 Å². The van der Waals surface area contributed by atoms with Crippen LogP contribution in [0.2, 0.25) is 0 Å². The van der Waals surface area contributed by atoms with Gasteiger partial charge in [0, 0.05) is 11.4 Å².